The molecule has 2 heteroatoms. The average Bonchev–Trinajstić information content (AvgIpc) is 3.13. The first-order chi connectivity index (χ1) is 14.2. The van der Waals surface area contributed by atoms with Crippen LogP contribution in [0, 0.1) is 24.7 Å². The van der Waals surface area contributed by atoms with Crippen LogP contribution in [0.2, 0.25) is 0 Å². The molecule has 0 aliphatic heterocycles. The Morgan fingerprint density at radius 3 is 2.69 bits per heavy atom. The Labute approximate surface area is 176 Å². The maximum atomic E-state index is 4.80. The number of fused-ring (bicyclic) bond motifs is 6. The van der Waals surface area contributed by atoms with E-state index >= 15 is 0 Å². The minimum atomic E-state index is 0.890. The summed E-state index contributed by atoms with van der Waals surface area (Å²) >= 11 is 1.90. The van der Waals surface area contributed by atoms with Crippen molar-refractivity contribution in [3.8, 4) is 11.3 Å². The molecule has 2 aromatic heterocycles. The van der Waals surface area contributed by atoms with E-state index in [1.165, 1.54) is 75.4 Å². The Balaban J connectivity index is 1.39. The fourth-order valence-corrected chi connectivity index (χ4v) is 7.14. The number of nitrogens with zero attached hydrogens (tertiary/aromatic N) is 1. The van der Waals surface area contributed by atoms with E-state index in [0.717, 1.165) is 23.4 Å². The molecule has 2 aromatic carbocycles. The van der Waals surface area contributed by atoms with E-state index in [2.05, 4.69) is 55.5 Å². The van der Waals surface area contributed by atoms with Crippen molar-refractivity contribution in [3.05, 3.63) is 65.9 Å². The smallest absolute Gasteiger partial charge is 0.0719 e. The maximum absolute atomic E-state index is 4.80. The highest BCUT2D eigenvalue weighted by Gasteiger charge is 2.35. The molecule has 146 valence electrons. The van der Waals surface area contributed by atoms with E-state index in [0.29, 0.717) is 0 Å². The van der Waals surface area contributed by atoms with Crippen molar-refractivity contribution < 1.29 is 0 Å². The van der Waals surface area contributed by atoms with Crippen LogP contribution in [0.15, 0.2) is 54.7 Å². The lowest BCUT2D eigenvalue weighted by Crippen LogP contribution is -2.32. The molecule has 29 heavy (non-hydrogen) atoms. The van der Waals surface area contributed by atoms with Gasteiger partial charge in [-0.15, -0.1) is 11.3 Å². The summed E-state index contributed by atoms with van der Waals surface area (Å²) in [5, 5.41) is 2.74. The van der Waals surface area contributed by atoms with Crippen LogP contribution < -0.4 is 0 Å². The van der Waals surface area contributed by atoms with E-state index in [9.17, 15) is 0 Å². The number of aryl methyl sites for hydroxylation is 1. The van der Waals surface area contributed by atoms with Crippen LogP contribution in [0.1, 0.15) is 43.2 Å². The second-order valence-corrected chi connectivity index (χ2v) is 10.4. The molecular formula is C27H27NS. The molecule has 4 aromatic rings. The van der Waals surface area contributed by atoms with Gasteiger partial charge in [0.1, 0.15) is 0 Å². The summed E-state index contributed by atoms with van der Waals surface area (Å²) in [7, 11) is 0. The Hall–Kier alpha value is -2.19. The van der Waals surface area contributed by atoms with Crippen molar-refractivity contribution in [2.75, 3.05) is 0 Å². The SMILES string of the molecule is Cc1ccc2sc3c(-c4cc(CC5CC6CCC5CC6)ccn4)cccc3c2c1. The average molecular weight is 398 g/mol. The van der Waals surface area contributed by atoms with Gasteiger partial charge in [-0.1, -0.05) is 42.7 Å². The molecule has 0 spiro atoms. The van der Waals surface area contributed by atoms with Gasteiger partial charge in [-0.25, -0.2) is 0 Å². The number of thiophene rings is 1. The van der Waals surface area contributed by atoms with Crippen LogP contribution in [0.25, 0.3) is 31.4 Å². The minimum absolute atomic E-state index is 0.890. The quantitative estimate of drug-likeness (QED) is 0.344. The summed E-state index contributed by atoms with van der Waals surface area (Å²) < 4.78 is 2.74. The molecule has 7 rings (SSSR count). The Morgan fingerprint density at radius 1 is 0.966 bits per heavy atom. The van der Waals surface area contributed by atoms with Gasteiger partial charge in [0.15, 0.2) is 0 Å². The molecule has 1 unspecified atom stereocenters. The third-order valence-electron chi connectivity index (χ3n) is 7.44. The zero-order chi connectivity index (χ0) is 19.4. The summed E-state index contributed by atoms with van der Waals surface area (Å²) in [6.45, 7) is 2.18. The maximum Gasteiger partial charge on any atom is 0.0719 e. The normalized spacial score (nSPS) is 23.8. The van der Waals surface area contributed by atoms with Crippen molar-refractivity contribution in [2.24, 2.45) is 17.8 Å². The van der Waals surface area contributed by atoms with Crippen molar-refractivity contribution in [1.82, 2.24) is 4.98 Å². The third-order valence-corrected chi connectivity index (χ3v) is 8.66. The van der Waals surface area contributed by atoms with Crippen LogP contribution in [0.5, 0.6) is 0 Å². The fourth-order valence-electron chi connectivity index (χ4n) is 5.93. The fraction of sp³-hybridized carbons (Fsp3) is 0.370. The van der Waals surface area contributed by atoms with Crippen LogP contribution in [0.3, 0.4) is 0 Å². The third kappa shape index (κ3) is 3.09. The Kier molecular flexibility index (Phi) is 4.23. The van der Waals surface area contributed by atoms with Crippen molar-refractivity contribution in [2.45, 2.75) is 45.4 Å². The van der Waals surface area contributed by atoms with E-state index in [1.54, 1.807) is 0 Å². The molecule has 3 saturated carbocycles. The molecule has 1 atom stereocenters. The van der Waals surface area contributed by atoms with Gasteiger partial charge >= 0.3 is 0 Å². The van der Waals surface area contributed by atoms with Gasteiger partial charge in [0.25, 0.3) is 0 Å². The second kappa shape index (κ2) is 6.95. The van der Waals surface area contributed by atoms with Gasteiger partial charge in [0.2, 0.25) is 0 Å². The first-order valence-electron chi connectivity index (χ1n) is 11.1. The number of pyridine rings is 1. The summed E-state index contributed by atoms with van der Waals surface area (Å²) in [6.07, 6.45) is 10.6. The van der Waals surface area contributed by atoms with Gasteiger partial charge in [-0.2, -0.15) is 0 Å². The van der Waals surface area contributed by atoms with Gasteiger partial charge in [-0.05, 0) is 80.2 Å². The second-order valence-electron chi connectivity index (χ2n) is 9.31. The monoisotopic (exact) mass is 397 g/mol. The summed E-state index contributed by atoms with van der Waals surface area (Å²) in [5.41, 5.74) is 5.22. The van der Waals surface area contributed by atoms with Crippen LogP contribution in [-0.4, -0.2) is 4.98 Å². The van der Waals surface area contributed by atoms with Gasteiger partial charge in [-0.3, -0.25) is 4.98 Å². The molecule has 2 heterocycles. The lowest BCUT2D eigenvalue weighted by molar-refractivity contribution is 0.0991. The standard InChI is InChI=1S/C27H27NS/c1-17-5-10-26-24(13-17)22-3-2-4-23(27(22)29-26)25-16-19(11-12-28-25)15-21-14-18-6-8-20(21)9-7-18/h2-5,10-13,16,18,20-21H,6-9,14-15H2,1H3. The van der Waals surface area contributed by atoms with Crippen LogP contribution in [0.4, 0.5) is 0 Å². The van der Waals surface area contributed by atoms with Gasteiger partial charge < -0.3 is 0 Å². The van der Waals surface area contributed by atoms with Gasteiger partial charge in [0.05, 0.1) is 5.69 Å². The highest BCUT2D eigenvalue weighted by atomic mass is 32.1. The van der Waals surface area contributed by atoms with Crippen molar-refractivity contribution in [1.29, 1.82) is 0 Å². The molecule has 3 aliphatic carbocycles. The Bertz CT molecular complexity index is 1200. The summed E-state index contributed by atoms with van der Waals surface area (Å²) in [6, 6.07) is 18.1. The molecule has 0 N–H and O–H groups in total. The number of hydrogen-bond donors (Lipinski definition) is 0. The topological polar surface area (TPSA) is 12.9 Å². The molecule has 0 saturated heterocycles. The zero-order valence-corrected chi connectivity index (χ0v) is 17.8. The van der Waals surface area contributed by atoms with E-state index in [4.69, 9.17) is 4.98 Å². The summed E-state index contributed by atoms with van der Waals surface area (Å²) in [4.78, 5) is 4.80. The highest BCUT2D eigenvalue weighted by molar-refractivity contribution is 7.26. The molecule has 0 radical (unpaired) electrons. The van der Waals surface area contributed by atoms with Gasteiger partial charge in [0, 0.05) is 31.9 Å². The Morgan fingerprint density at radius 2 is 1.86 bits per heavy atom. The molecule has 1 nitrogen and oxygen atoms in total. The number of aromatic nitrogens is 1. The largest absolute Gasteiger partial charge is 0.256 e. The number of hydrogen-bond acceptors (Lipinski definition) is 2. The first-order valence-corrected chi connectivity index (χ1v) is 11.9. The predicted molar refractivity (Wildman–Crippen MR) is 125 cm³/mol. The lowest BCUT2D eigenvalue weighted by atomic mass is 9.63. The molecular weight excluding hydrogens is 370 g/mol. The molecule has 2 bridgehead atoms. The minimum Gasteiger partial charge on any atom is -0.256 e. The van der Waals surface area contributed by atoms with E-state index in [1.807, 2.05) is 17.5 Å². The number of rotatable bonds is 3. The van der Waals surface area contributed by atoms with Crippen LogP contribution >= 0.6 is 11.3 Å². The van der Waals surface area contributed by atoms with Crippen molar-refractivity contribution >= 4 is 31.5 Å². The zero-order valence-electron chi connectivity index (χ0n) is 17.0. The van der Waals surface area contributed by atoms with Crippen LogP contribution in [-0.2, 0) is 6.42 Å². The highest BCUT2D eigenvalue weighted by Crippen LogP contribution is 2.46. The molecule has 0 amide bonds. The van der Waals surface area contributed by atoms with Crippen molar-refractivity contribution in [3.63, 3.8) is 0 Å². The lowest BCUT2D eigenvalue weighted by Gasteiger charge is -2.42. The molecule has 3 aliphatic rings. The molecule has 3 fully saturated rings. The summed E-state index contributed by atoms with van der Waals surface area (Å²) in [5.74, 6) is 2.86. The van der Waals surface area contributed by atoms with E-state index < -0.39 is 0 Å². The first kappa shape index (κ1) is 17.7. The predicted octanol–water partition coefficient (Wildman–Crippen LogP) is 7.79. The number of benzene rings is 2. The van der Waals surface area contributed by atoms with E-state index in [-0.39, 0.29) is 0 Å².